The summed E-state index contributed by atoms with van der Waals surface area (Å²) in [6.07, 6.45) is 4.75. The summed E-state index contributed by atoms with van der Waals surface area (Å²) >= 11 is 0. The predicted molar refractivity (Wildman–Crippen MR) is 89.8 cm³/mol. The normalized spacial score (nSPS) is 18.1. The van der Waals surface area contributed by atoms with Gasteiger partial charge in [-0.05, 0) is 63.7 Å². The number of hydrogen-bond acceptors (Lipinski definition) is 3. The molecule has 1 amide bonds. The summed E-state index contributed by atoms with van der Waals surface area (Å²) in [6.45, 7) is 4.63. The van der Waals surface area contributed by atoms with Crippen molar-refractivity contribution in [1.82, 2.24) is 4.90 Å². The van der Waals surface area contributed by atoms with Gasteiger partial charge in [0.15, 0.2) is 0 Å². The standard InChI is InChI=1S/C18H28N2O2/c1-15(11-14-21)20-12-9-16(10-13-20)7-8-18(22)19-17-5-3-2-4-6-17/h2-6,15-16,21H,7-14H2,1H3,(H,19,22)/t15-/m1/s1. The predicted octanol–water partition coefficient (Wildman–Crippen LogP) is 2.89. The van der Waals surface area contributed by atoms with Crippen LogP contribution in [0.4, 0.5) is 5.69 Å². The maximum Gasteiger partial charge on any atom is 0.224 e. The van der Waals surface area contributed by atoms with Gasteiger partial charge >= 0.3 is 0 Å². The number of nitrogens with one attached hydrogen (secondary N) is 1. The first kappa shape index (κ1) is 17.0. The van der Waals surface area contributed by atoms with Crippen LogP contribution in [0.5, 0.6) is 0 Å². The highest BCUT2D eigenvalue weighted by atomic mass is 16.3. The first-order valence-electron chi connectivity index (χ1n) is 8.39. The van der Waals surface area contributed by atoms with Crippen LogP contribution in [-0.2, 0) is 4.79 Å². The summed E-state index contributed by atoms with van der Waals surface area (Å²) in [7, 11) is 0. The van der Waals surface area contributed by atoms with Crippen LogP contribution in [0, 0.1) is 5.92 Å². The highest BCUT2D eigenvalue weighted by Crippen LogP contribution is 2.24. The van der Waals surface area contributed by atoms with Crippen LogP contribution >= 0.6 is 0 Å². The lowest BCUT2D eigenvalue weighted by molar-refractivity contribution is -0.116. The molecule has 2 rings (SSSR count). The van der Waals surface area contributed by atoms with Crippen LogP contribution in [0.15, 0.2) is 30.3 Å². The third-order valence-corrected chi connectivity index (χ3v) is 4.66. The minimum absolute atomic E-state index is 0.113. The number of piperidine rings is 1. The van der Waals surface area contributed by atoms with E-state index < -0.39 is 0 Å². The average Bonchev–Trinajstić information content (AvgIpc) is 2.54. The number of benzene rings is 1. The van der Waals surface area contributed by atoms with Crippen molar-refractivity contribution in [3.05, 3.63) is 30.3 Å². The molecule has 1 atom stereocenters. The maximum absolute atomic E-state index is 12.0. The number of aliphatic hydroxyl groups excluding tert-OH is 1. The first-order valence-corrected chi connectivity index (χ1v) is 8.39. The Labute approximate surface area is 133 Å². The number of para-hydroxylation sites is 1. The van der Waals surface area contributed by atoms with E-state index in [0.717, 1.165) is 44.5 Å². The Morgan fingerprint density at radius 1 is 1.32 bits per heavy atom. The highest BCUT2D eigenvalue weighted by molar-refractivity contribution is 5.90. The van der Waals surface area contributed by atoms with Gasteiger partial charge in [-0.2, -0.15) is 0 Å². The highest BCUT2D eigenvalue weighted by Gasteiger charge is 2.22. The van der Waals surface area contributed by atoms with Crippen LogP contribution in [0.1, 0.15) is 39.0 Å². The smallest absolute Gasteiger partial charge is 0.224 e. The van der Waals surface area contributed by atoms with E-state index in [1.165, 1.54) is 0 Å². The number of carbonyl (C=O) groups is 1. The van der Waals surface area contributed by atoms with Crippen molar-refractivity contribution in [3.63, 3.8) is 0 Å². The number of aliphatic hydroxyl groups is 1. The Morgan fingerprint density at radius 3 is 2.64 bits per heavy atom. The minimum Gasteiger partial charge on any atom is -0.396 e. The number of amides is 1. The third kappa shape index (κ3) is 5.43. The molecule has 22 heavy (non-hydrogen) atoms. The van der Waals surface area contributed by atoms with E-state index in [9.17, 15) is 4.79 Å². The summed E-state index contributed by atoms with van der Waals surface area (Å²) in [5, 5.41) is 12.0. The van der Waals surface area contributed by atoms with Crippen LogP contribution in [0.2, 0.25) is 0 Å². The SMILES string of the molecule is C[C@H](CCO)N1CCC(CCC(=O)Nc2ccccc2)CC1. The van der Waals surface area contributed by atoms with Crippen molar-refractivity contribution in [3.8, 4) is 0 Å². The number of nitrogens with zero attached hydrogens (tertiary/aromatic N) is 1. The number of likely N-dealkylation sites (tertiary alicyclic amines) is 1. The molecule has 1 fully saturated rings. The molecule has 1 heterocycles. The summed E-state index contributed by atoms with van der Waals surface area (Å²) in [4.78, 5) is 14.4. The number of anilines is 1. The topological polar surface area (TPSA) is 52.6 Å². The van der Waals surface area contributed by atoms with Gasteiger partial charge in [-0.25, -0.2) is 0 Å². The van der Waals surface area contributed by atoms with Crippen molar-refractivity contribution in [2.75, 3.05) is 25.0 Å². The number of hydrogen-bond donors (Lipinski definition) is 2. The Bertz CT molecular complexity index is 442. The van der Waals surface area contributed by atoms with Gasteiger partial charge in [0, 0.05) is 24.8 Å². The number of carbonyl (C=O) groups excluding carboxylic acids is 1. The first-order chi connectivity index (χ1) is 10.7. The van der Waals surface area contributed by atoms with Crippen LogP contribution in [0.25, 0.3) is 0 Å². The lowest BCUT2D eigenvalue weighted by Gasteiger charge is -2.35. The van der Waals surface area contributed by atoms with Gasteiger partial charge in [0.25, 0.3) is 0 Å². The minimum atomic E-state index is 0.113. The van der Waals surface area contributed by atoms with E-state index in [1.807, 2.05) is 30.3 Å². The summed E-state index contributed by atoms with van der Waals surface area (Å²) in [5.74, 6) is 0.765. The van der Waals surface area contributed by atoms with Crippen molar-refractivity contribution in [2.24, 2.45) is 5.92 Å². The second kappa shape index (κ2) is 8.91. The van der Waals surface area contributed by atoms with Crippen LogP contribution < -0.4 is 5.32 Å². The van der Waals surface area contributed by atoms with Crippen molar-refractivity contribution < 1.29 is 9.90 Å². The second-order valence-electron chi connectivity index (χ2n) is 6.29. The maximum atomic E-state index is 12.0. The van der Waals surface area contributed by atoms with E-state index in [-0.39, 0.29) is 12.5 Å². The van der Waals surface area contributed by atoms with Gasteiger partial charge in [0.1, 0.15) is 0 Å². The third-order valence-electron chi connectivity index (χ3n) is 4.66. The Hall–Kier alpha value is -1.39. The fraction of sp³-hybridized carbons (Fsp3) is 0.611. The van der Waals surface area contributed by atoms with Crippen molar-refractivity contribution in [1.29, 1.82) is 0 Å². The van der Waals surface area contributed by atoms with E-state index in [4.69, 9.17) is 5.11 Å². The van der Waals surface area contributed by atoms with Crippen LogP contribution in [0.3, 0.4) is 0 Å². The van der Waals surface area contributed by atoms with E-state index >= 15 is 0 Å². The monoisotopic (exact) mass is 304 g/mol. The molecule has 122 valence electrons. The van der Waals surface area contributed by atoms with Crippen molar-refractivity contribution in [2.45, 2.75) is 45.1 Å². The van der Waals surface area contributed by atoms with Crippen LogP contribution in [-0.4, -0.2) is 41.7 Å². The molecule has 0 unspecified atom stereocenters. The second-order valence-corrected chi connectivity index (χ2v) is 6.29. The number of rotatable bonds is 7. The summed E-state index contributed by atoms with van der Waals surface area (Å²) < 4.78 is 0. The molecule has 0 spiro atoms. The molecule has 1 aromatic rings. The molecule has 4 nitrogen and oxygen atoms in total. The molecule has 2 N–H and O–H groups in total. The zero-order chi connectivity index (χ0) is 15.8. The molecule has 0 radical (unpaired) electrons. The Morgan fingerprint density at radius 2 is 2.00 bits per heavy atom. The van der Waals surface area contributed by atoms with Crippen molar-refractivity contribution >= 4 is 11.6 Å². The van der Waals surface area contributed by atoms with Gasteiger partial charge in [-0.1, -0.05) is 18.2 Å². The molecule has 0 aliphatic carbocycles. The quantitative estimate of drug-likeness (QED) is 0.814. The lowest BCUT2D eigenvalue weighted by Crippen LogP contribution is -2.40. The Balaban J connectivity index is 1.65. The molecule has 1 aromatic carbocycles. The van der Waals surface area contributed by atoms with E-state index in [0.29, 0.717) is 18.4 Å². The molecule has 1 aliphatic rings. The lowest BCUT2D eigenvalue weighted by atomic mass is 9.91. The molecule has 4 heteroatoms. The average molecular weight is 304 g/mol. The van der Waals surface area contributed by atoms with Gasteiger partial charge in [0.05, 0.1) is 0 Å². The fourth-order valence-electron chi connectivity index (χ4n) is 3.13. The molecular weight excluding hydrogens is 276 g/mol. The van der Waals surface area contributed by atoms with E-state index in [1.54, 1.807) is 0 Å². The molecule has 0 bridgehead atoms. The van der Waals surface area contributed by atoms with E-state index in [2.05, 4.69) is 17.1 Å². The van der Waals surface area contributed by atoms with Gasteiger partial charge < -0.3 is 15.3 Å². The van der Waals surface area contributed by atoms with Gasteiger partial charge in [-0.15, -0.1) is 0 Å². The van der Waals surface area contributed by atoms with Gasteiger partial charge in [-0.3, -0.25) is 4.79 Å². The summed E-state index contributed by atoms with van der Waals surface area (Å²) in [5.41, 5.74) is 0.875. The molecule has 1 saturated heterocycles. The zero-order valence-electron chi connectivity index (χ0n) is 13.5. The van der Waals surface area contributed by atoms with Gasteiger partial charge in [0.2, 0.25) is 5.91 Å². The molecular formula is C18H28N2O2. The zero-order valence-corrected chi connectivity index (χ0v) is 13.5. The fourth-order valence-corrected chi connectivity index (χ4v) is 3.13. The Kier molecular flexibility index (Phi) is 6.87. The molecule has 0 aromatic heterocycles. The molecule has 1 aliphatic heterocycles. The molecule has 0 saturated carbocycles. The summed E-state index contributed by atoms with van der Waals surface area (Å²) in [6, 6.07) is 10.1. The largest absolute Gasteiger partial charge is 0.396 e.